The molecule has 1 aromatic rings. The molecule has 0 aliphatic carbocycles. The zero-order valence-electron chi connectivity index (χ0n) is 16.2. The number of piperidine rings is 2. The molecule has 1 aromatic carbocycles. The van der Waals surface area contributed by atoms with E-state index in [1.807, 2.05) is 24.0 Å². The molecule has 4 rings (SSSR count). The van der Waals surface area contributed by atoms with Crippen LogP contribution in [0.25, 0.3) is 0 Å². The van der Waals surface area contributed by atoms with Gasteiger partial charge in [-0.3, -0.25) is 4.90 Å². The summed E-state index contributed by atoms with van der Waals surface area (Å²) in [7, 11) is 0. The molecule has 27 heavy (non-hydrogen) atoms. The van der Waals surface area contributed by atoms with E-state index in [-0.39, 0.29) is 12.1 Å². The molecule has 2 fully saturated rings. The van der Waals surface area contributed by atoms with Gasteiger partial charge in [-0.05, 0) is 32.8 Å². The van der Waals surface area contributed by atoms with Gasteiger partial charge in [-0.15, -0.1) is 0 Å². The number of fused-ring (bicyclic) bond motifs is 2. The maximum atomic E-state index is 12.3. The van der Waals surface area contributed by atoms with Gasteiger partial charge in [-0.25, -0.2) is 9.59 Å². The van der Waals surface area contributed by atoms with Gasteiger partial charge < -0.3 is 14.4 Å². The third kappa shape index (κ3) is 3.31. The first-order valence-corrected chi connectivity index (χ1v) is 10.0. The van der Waals surface area contributed by atoms with Crippen molar-refractivity contribution in [3.63, 3.8) is 0 Å². The van der Waals surface area contributed by atoms with Crippen LogP contribution in [0.15, 0.2) is 18.2 Å². The Hall–Kier alpha value is -2.08. The number of amides is 1. The fourth-order valence-corrected chi connectivity index (χ4v) is 4.75. The van der Waals surface area contributed by atoms with E-state index in [0.29, 0.717) is 12.6 Å². The molecule has 0 aromatic heterocycles. The minimum atomic E-state index is -0.444. The molecule has 3 aliphatic heterocycles. The number of carbonyl (C=O) groups excluding carboxylic acids is 2. The molecular formula is C21H28N2O4. The molecule has 0 unspecified atom stereocenters. The maximum Gasteiger partial charge on any atom is 0.409 e. The highest BCUT2D eigenvalue weighted by Gasteiger charge is 2.48. The summed E-state index contributed by atoms with van der Waals surface area (Å²) in [4.78, 5) is 28.5. The number of likely N-dealkylation sites (tertiary alicyclic amines) is 2. The molecule has 3 aliphatic rings. The summed E-state index contributed by atoms with van der Waals surface area (Å²) in [6.45, 7) is 7.67. The van der Waals surface area contributed by atoms with Gasteiger partial charge >= 0.3 is 12.1 Å². The summed E-state index contributed by atoms with van der Waals surface area (Å²) < 4.78 is 11.0. The van der Waals surface area contributed by atoms with E-state index >= 15 is 0 Å². The summed E-state index contributed by atoms with van der Waals surface area (Å²) in [5.41, 5.74) is 2.53. The maximum absolute atomic E-state index is 12.3. The highest BCUT2D eigenvalue weighted by Crippen LogP contribution is 2.45. The van der Waals surface area contributed by atoms with Gasteiger partial charge in [0, 0.05) is 50.6 Å². The van der Waals surface area contributed by atoms with Crippen LogP contribution in [0.1, 0.15) is 54.1 Å². The Morgan fingerprint density at radius 3 is 2.59 bits per heavy atom. The van der Waals surface area contributed by atoms with Crippen molar-refractivity contribution in [2.75, 3.05) is 32.8 Å². The highest BCUT2D eigenvalue weighted by atomic mass is 16.6. The molecule has 146 valence electrons. The third-order valence-corrected chi connectivity index (χ3v) is 6.29. The Morgan fingerprint density at radius 2 is 1.93 bits per heavy atom. The number of nitrogens with zero attached hydrogens (tertiary/aromatic N) is 2. The second kappa shape index (κ2) is 7.15. The zero-order chi connectivity index (χ0) is 19.0. The monoisotopic (exact) mass is 372 g/mol. The first-order valence-electron chi connectivity index (χ1n) is 10.0. The lowest BCUT2D eigenvalue weighted by Gasteiger charge is -2.44. The molecule has 1 amide bonds. The van der Waals surface area contributed by atoms with Gasteiger partial charge in [0.1, 0.15) is 5.60 Å². The molecule has 0 radical (unpaired) electrons. The van der Waals surface area contributed by atoms with E-state index < -0.39 is 5.60 Å². The van der Waals surface area contributed by atoms with Crippen molar-refractivity contribution in [3.8, 4) is 0 Å². The fraction of sp³-hybridized carbons (Fsp3) is 0.619. The zero-order valence-corrected chi connectivity index (χ0v) is 16.2. The number of aryl methyl sites for hydroxylation is 1. The largest absolute Gasteiger partial charge is 0.450 e. The molecule has 1 spiro atoms. The first kappa shape index (κ1) is 18.3. The van der Waals surface area contributed by atoms with Crippen molar-refractivity contribution in [3.05, 3.63) is 34.9 Å². The van der Waals surface area contributed by atoms with E-state index in [4.69, 9.17) is 9.47 Å². The van der Waals surface area contributed by atoms with Crippen LogP contribution in [-0.2, 0) is 15.1 Å². The van der Waals surface area contributed by atoms with Crippen molar-refractivity contribution >= 4 is 12.1 Å². The van der Waals surface area contributed by atoms with Gasteiger partial charge in [-0.2, -0.15) is 0 Å². The van der Waals surface area contributed by atoms with Crippen molar-refractivity contribution in [1.82, 2.24) is 9.80 Å². The van der Waals surface area contributed by atoms with Gasteiger partial charge in [0.25, 0.3) is 0 Å². The first-order chi connectivity index (χ1) is 13.0. The van der Waals surface area contributed by atoms with Crippen molar-refractivity contribution in [2.45, 2.75) is 51.2 Å². The van der Waals surface area contributed by atoms with Gasteiger partial charge in [0.2, 0.25) is 0 Å². The molecule has 2 saturated heterocycles. The minimum Gasteiger partial charge on any atom is -0.450 e. The Labute approximate surface area is 160 Å². The number of carbonyl (C=O) groups is 2. The number of hydrogen-bond donors (Lipinski definition) is 0. The van der Waals surface area contributed by atoms with Crippen LogP contribution in [0.4, 0.5) is 4.79 Å². The van der Waals surface area contributed by atoms with Crippen LogP contribution in [0.2, 0.25) is 0 Å². The van der Waals surface area contributed by atoms with E-state index in [1.165, 1.54) is 5.56 Å². The summed E-state index contributed by atoms with van der Waals surface area (Å²) in [5.74, 6) is -0.179. The lowest BCUT2D eigenvalue weighted by Crippen LogP contribution is -2.51. The molecule has 6 nitrogen and oxygen atoms in total. The fourth-order valence-electron chi connectivity index (χ4n) is 4.75. The van der Waals surface area contributed by atoms with Crippen LogP contribution in [0.3, 0.4) is 0 Å². The van der Waals surface area contributed by atoms with Crippen LogP contribution >= 0.6 is 0 Å². The van der Waals surface area contributed by atoms with Crippen LogP contribution in [0, 0.1) is 6.92 Å². The third-order valence-electron chi connectivity index (χ3n) is 6.29. The minimum absolute atomic E-state index is 0.179. The van der Waals surface area contributed by atoms with Crippen LogP contribution < -0.4 is 0 Å². The second-order valence-corrected chi connectivity index (χ2v) is 7.89. The smallest absolute Gasteiger partial charge is 0.409 e. The SMILES string of the molecule is CCOC(=O)N1CCC(N2CCC3(CC2)OC(=O)c2ccc(C)cc23)CC1. The molecule has 0 atom stereocenters. The molecule has 0 bridgehead atoms. The molecule has 6 heteroatoms. The lowest BCUT2D eigenvalue weighted by molar-refractivity contribution is -0.0529. The van der Waals surface area contributed by atoms with Crippen LogP contribution in [-0.4, -0.2) is 60.7 Å². The van der Waals surface area contributed by atoms with Crippen LogP contribution in [0.5, 0.6) is 0 Å². The molecule has 3 heterocycles. The summed E-state index contributed by atoms with van der Waals surface area (Å²) in [6.07, 6.45) is 3.43. The normalized spacial score (nSPS) is 22.6. The quantitative estimate of drug-likeness (QED) is 0.747. The summed E-state index contributed by atoms with van der Waals surface area (Å²) in [5, 5.41) is 0. The van der Waals surface area contributed by atoms with Gasteiger partial charge in [-0.1, -0.05) is 17.7 Å². The predicted octanol–water partition coefficient (Wildman–Crippen LogP) is 3.08. The summed E-state index contributed by atoms with van der Waals surface area (Å²) >= 11 is 0. The Balaban J connectivity index is 1.38. The van der Waals surface area contributed by atoms with Gasteiger partial charge in [0.15, 0.2) is 0 Å². The second-order valence-electron chi connectivity index (χ2n) is 7.89. The van der Waals surface area contributed by atoms with Crippen molar-refractivity contribution in [2.24, 2.45) is 0 Å². The van der Waals surface area contributed by atoms with Gasteiger partial charge in [0.05, 0.1) is 12.2 Å². The molecular weight excluding hydrogens is 344 g/mol. The number of hydrogen-bond acceptors (Lipinski definition) is 5. The van der Waals surface area contributed by atoms with Crippen molar-refractivity contribution < 1.29 is 19.1 Å². The predicted molar refractivity (Wildman–Crippen MR) is 101 cm³/mol. The number of esters is 1. The summed E-state index contributed by atoms with van der Waals surface area (Å²) in [6, 6.07) is 6.49. The molecule has 0 N–H and O–H groups in total. The Morgan fingerprint density at radius 1 is 1.22 bits per heavy atom. The lowest BCUT2D eigenvalue weighted by atomic mass is 9.82. The van der Waals surface area contributed by atoms with E-state index in [9.17, 15) is 9.59 Å². The van der Waals surface area contributed by atoms with E-state index in [0.717, 1.165) is 63.0 Å². The average molecular weight is 372 g/mol. The topological polar surface area (TPSA) is 59.1 Å². The van der Waals surface area contributed by atoms with E-state index in [2.05, 4.69) is 17.9 Å². The van der Waals surface area contributed by atoms with E-state index in [1.54, 1.807) is 0 Å². The Bertz CT molecular complexity index is 732. The standard InChI is InChI=1S/C21H28N2O4/c1-3-26-20(25)23-10-6-16(7-11-23)22-12-8-21(9-13-22)18-14-15(2)4-5-17(18)19(24)27-21/h4-5,14,16H,3,6-13H2,1-2H3. The average Bonchev–Trinajstić information content (AvgIpc) is 2.94. The number of rotatable bonds is 2. The molecule has 0 saturated carbocycles. The highest BCUT2D eigenvalue weighted by molar-refractivity contribution is 5.94. The number of ether oxygens (including phenoxy) is 2. The number of benzene rings is 1. The Kier molecular flexibility index (Phi) is 4.84. The van der Waals surface area contributed by atoms with Crippen molar-refractivity contribution in [1.29, 1.82) is 0 Å².